The SMILES string of the molecule is COc1ccc(C2(C#N)C(c3ccco3)=C(C#N)c3cc(OC)c(OC)cc32)cc1OC. The van der Waals surface area contributed by atoms with Crippen molar-refractivity contribution >= 4 is 11.1 Å². The molecule has 1 aromatic heterocycles. The highest BCUT2D eigenvalue weighted by Crippen LogP contribution is 2.57. The molecule has 0 spiro atoms. The third-order valence-corrected chi connectivity index (χ3v) is 5.69. The van der Waals surface area contributed by atoms with E-state index in [0.717, 1.165) is 0 Å². The minimum atomic E-state index is -1.36. The Hall–Kier alpha value is -4.36. The molecule has 4 rings (SSSR count). The third-order valence-electron chi connectivity index (χ3n) is 5.69. The second-order valence-corrected chi connectivity index (χ2v) is 7.02. The van der Waals surface area contributed by atoms with Crippen molar-refractivity contribution in [3.05, 3.63) is 71.2 Å². The first-order valence-corrected chi connectivity index (χ1v) is 9.68. The van der Waals surface area contributed by atoms with Crippen LogP contribution in [-0.4, -0.2) is 28.4 Å². The van der Waals surface area contributed by atoms with E-state index in [-0.39, 0.29) is 0 Å². The average molecular weight is 428 g/mol. The van der Waals surface area contributed by atoms with Crippen LogP contribution in [0.5, 0.6) is 23.0 Å². The summed E-state index contributed by atoms with van der Waals surface area (Å²) < 4.78 is 27.5. The highest BCUT2D eigenvalue weighted by Gasteiger charge is 2.50. The van der Waals surface area contributed by atoms with Gasteiger partial charge in [0.2, 0.25) is 0 Å². The Morgan fingerprint density at radius 3 is 2.03 bits per heavy atom. The molecule has 1 unspecified atom stereocenters. The van der Waals surface area contributed by atoms with Crippen molar-refractivity contribution < 1.29 is 23.4 Å². The fourth-order valence-electron chi connectivity index (χ4n) is 4.25. The number of furan rings is 1. The lowest BCUT2D eigenvalue weighted by Gasteiger charge is -2.27. The van der Waals surface area contributed by atoms with Crippen LogP contribution in [0.15, 0.2) is 53.1 Å². The van der Waals surface area contributed by atoms with Crippen molar-refractivity contribution in [1.29, 1.82) is 10.5 Å². The smallest absolute Gasteiger partial charge is 0.161 e. The number of hydrogen-bond donors (Lipinski definition) is 0. The van der Waals surface area contributed by atoms with E-state index < -0.39 is 5.41 Å². The number of nitriles is 2. The molecule has 1 aliphatic rings. The molecule has 7 heteroatoms. The number of fused-ring (bicyclic) bond motifs is 1. The van der Waals surface area contributed by atoms with Gasteiger partial charge in [-0.15, -0.1) is 0 Å². The minimum absolute atomic E-state index is 0.326. The van der Waals surface area contributed by atoms with Crippen molar-refractivity contribution in [3.8, 4) is 35.1 Å². The fourth-order valence-corrected chi connectivity index (χ4v) is 4.25. The first-order chi connectivity index (χ1) is 15.6. The predicted octanol–water partition coefficient (Wildman–Crippen LogP) is 4.57. The van der Waals surface area contributed by atoms with Gasteiger partial charge in [0.15, 0.2) is 23.0 Å². The first kappa shape index (κ1) is 20.9. The summed E-state index contributed by atoms with van der Waals surface area (Å²) in [5.74, 6) is 2.32. The molecule has 0 radical (unpaired) electrons. The molecule has 7 nitrogen and oxygen atoms in total. The Bertz CT molecular complexity index is 1300. The summed E-state index contributed by atoms with van der Waals surface area (Å²) in [4.78, 5) is 0. The topological polar surface area (TPSA) is 97.6 Å². The second-order valence-electron chi connectivity index (χ2n) is 7.02. The molecule has 2 aromatic carbocycles. The maximum atomic E-state index is 10.7. The molecular formula is C25H20N2O5. The predicted molar refractivity (Wildman–Crippen MR) is 117 cm³/mol. The molecule has 1 aliphatic carbocycles. The minimum Gasteiger partial charge on any atom is -0.493 e. The van der Waals surface area contributed by atoms with E-state index in [1.165, 1.54) is 27.6 Å². The Kier molecular flexibility index (Phi) is 5.26. The van der Waals surface area contributed by atoms with E-state index in [0.29, 0.717) is 56.6 Å². The molecular weight excluding hydrogens is 408 g/mol. The van der Waals surface area contributed by atoms with Crippen molar-refractivity contribution in [2.24, 2.45) is 0 Å². The zero-order valence-electron chi connectivity index (χ0n) is 18.1. The molecule has 0 bridgehead atoms. The van der Waals surface area contributed by atoms with E-state index in [1.54, 1.807) is 49.6 Å². The molecule has 3 aromatic rings. The Balaban J connectivity index is 2.15. The summed E-state index contributed by atoms with van der Waals surface area (Å²) in [6.07, 6.45) is 1.51. The van der Waals surface area contributed by atoms with Gasteiger partial charge >= 0.3 is 0 Å². The lowest BCUT2D eigenvalue weighted by atomic mass is 9.72. The van der Waals surface area contributed by atoms with Gasteiger partial charge in [0.1, 0.15) is 17.2 Å². The zero-order chi connectivity index (χ0) is 22.9. The van der Waals surface area contributed by atoms with Crippen molar-refractivity contribution in [3.63, 3.8) is 0 Å². The van der Waals surface area contributed by atoms with Gasteiger partial charge in [-0.2, -0.15) is 10.5 Å². The van der Waals surface area contributed by atoms with Crippen LogP contribution in [-0.2, 0) is 5.41 Å². The van der Waals surface area contributed by atoms with Gasteiger partial charge in [0.05, 0.1) is 46.3 Å². The summed E-state index contributed by atoms with van der Waals surface area (Å²) >= 11 is 0. The van der Waals surface area contributed by atoms with Crippen LogP contribution in [0.4, 0.5) is 0 Å². The van der Waals surface area contributed by atoms with Crippen molar-refractivity contribution in [1.82, 2.24) is 0 Å². The summed E-state index contributed by atoms with van der Waals surface area (Å²) in [7, 11) is 6.12. The Morgan fingerprint density at radius 2 is 1.47 bits per heavy atom. The van der Waals surface area contributed by atoms with Gasteiger partial charge in [0, 0.05) is 11.1 Å². The number of benzene rings is 2. The molecule has 160 valence electrons. The van der Waals surface area contributed by atoms with Gasteiger partial charge in [-0.05, 0) is 47.5 Å². The van der Waals surface area contributed by atoms with Crippen LogP contribution < -0.4 is 18.9 Å². The van der Waals surface area contributed by atoms with Gasteiger partial charge in [-0.1, -0.05) is 6.07 Å². The summed E-state index contributed by atoms with van der Waals surface area (Å²) in [5.41, 5.74) is 1.18. The van der Waals surface area contributed by atoms with Crippen molar-refractivity contribution in [2.75, 3.05) is 28.4 Å². The lowest BCUT2D eigenvalue weighted by molar-refractivity contribution is 0.353. The van der Waals surface area contributed by atoms with Crippen LogP contribution >= 0.6 is 0 Å². The van der Waals surface area contributed by atoms with E-state index in [1.807, 2.05) is 0 Å². The normalized spacial score (nSPS) is 16.7. The maximum Gasteiger partial charge on any atom is 0.161 e. The quantitative estimate of drug-likeness (QED) is 0.567. The molecule has 0 amide bonds. The number of ether oxygens (including phenoxy) is 4. The maximum absolute atomic E-state index is 10.7. The number of rotatable bonds is 6. The molecule has 0 fully saturated rings. The molecule has 0 saturated carbocycles. The van der Waals surface area contributed by atoms with Crippen LogP contribution in [0.2, 0.25) is 0 Å². The fraction of sp³-hybridized carbons (Fsp3) is 0.200. The summed E-state index contributed by atoms with van der Waals surface area (Å²) in [5, 5.41) is 20.9. The number of nitrogens with zero attached hydrogens (tertiary/aromatic N) is 2. The summed E-state index contributed by atoms with van der Waals surface area (Å²) in [6, 6.07) is 16.9. The molecule has 0 saturated heterocycles. The van der Waals surface area contributed by atoms with E-state index in [9.17, 15) is 10.5 Å². The molecule has 0 aliphatic heterocycles. The van der Waals surface area contributed by atoms with Crippen LogP contribution in [0.1, 0.15) is 22.5 Å². The van der Waals surface area contributed by atoms with Gasteiger partial charge in [-0.25, -0.2) is 0 Å². The standard InChI is InChI=1S/C25H20N2O5/c1-28-19-8-7-15(10-21(19)29-2)25(14-27)18-12-23(31-4)22(30-3)11-16(18)17(13-26)24(25)20-6-5-9-32-20/h5-12H,1-4H3. The number of hydrogen-bond acceptors (Lipinski definition) is 7. The van der Waals surface area contributed by atoms with E-state index >= 15 is 0 Å². The lowest BCUT2D eigenvalue weighted by Crippen LogP contribution is -2.25. The second kappa shape index (κ2) is 8.05. The van der Waals surface area contributed by atoms with E-state index in [4.69, 9.17) is 23.4 Å². The molecule has 32 heavy (non-hydrogen) atoms. The largest absolute Gasteiger partial charge is 0.493 e. The Labute approximate surface area is 185 Å². The van der Waals surface area contributed by atoms with Gasteiger partial charge in [-0.3, -0.25) is 0 Å². The van der Waals surface area contributed by atoms with Crippen LogP contribution in [0.3, 0.4) is 0 Å². The van der Waals surface area contributed by atoms with Crippen molar-refractivity contribution in [2.45, 2.75) is 5.41 Å². The van der Waals surface area contributed by atoms with Gasteiger partial charge < -0.3 is 23.4 Å². The number of allylic oxidation sites excluding steroid dienone is 2. The first-order valence-electron chi connectivity index (χ1n) is 9.68. The highest BCUT2D eigenvalue weighted by atomic mass is 16.5. The third kappa shape index (κ3) is 2.79. The monoisotopic (exact) mass is 428 g/mol. The van der Waals surface area contributed by atoms with E-state index in [2.05, 4.69) is 12.1 Å². The van der Waals surface area contributed by atoms with Crippen LogP contribution in [0, 0.1) is 22.7 Å². The van der Waals surface area contributed by atoms with Crippen LogP contribution in [0.25, 0.3) is 11.1 Å². The molecule has 0 N–H and O–H groups in total. The molecule has 1 heterocycles. The van der Waals surface area contributed by atoms with Gasteiger partial charge in [0.25, 0.3) is 0 Å². The average Bonchev–Trinajstić information content (AvgIpc) is 3.46. The summed E-state index contributed by atoms with van der Waals surface area (Å²) in [6.45, 7) is 0. The molecule has 1 atom stereocenters. The number of methoxy groups -OCH3 is 4. The highest BCUT2D eigenvalue weighted by molar-refractivity contribution is 6.09. The Morgan fingerprint density at radius 1 is 0.812 bits per heavy atom. The zero-order valence-corrected chi connectivity index (χ0v) is 18.1.